The number of benzene rings is 1. The van der Waals surface area contributed by atoms with Gasteiger partial charge >= 0.3 is 0 Å². The maximum atomic E-state index is 5.55. The lowest BCUT2D eigenvalue weighted by atomic mass is 10.2. The Morgan fingerprint density at radius 2 is 1.94 bits per heavy atom. The third-order valence-corrected chi connectivity index (χ3v) is 2.49. The number of hydrogen-bond acceptors (Lipinski definition) is 5. The number of rotatable bonds is 4. The van der Waals surface area contributed by atoms with E-state index in [0.717, 1.165) is 11.3 Å². The summed E-state index contributed by atoms with van der Waals surface area (Å²) in [5, 5.41) is 3.20. The van der Waals surface area contributed by atoms with Gasteiger partial charge in [0.25, 0.3) is 0 Å². The van der Waals surface area contributed by atoms with Gasteiger partial charge in [0.15, 0.2) is 0 Å². The summed E-state index contributed by atoms with van der Waals surface area (Å²) in [5.41, 5.74) is 7.60. The fourth-order valence-electron chi connectivity index (χ4n) is 1.58. The Balaban J connectivity index is 2.19. The van der Waals surface area contributed by atoms with Gasteiger partial charge in [-0.2, -0.15) is 4.98 Å². The molecular weight excluding hydrogens is 228 g/mol. The Kier molecular flexibility index (Phi) is 3.74. The third kappa shape index (κ3) is 2.95. The van der Waals surface area contributed by atoms with Crippen LogP contribution in [-0.2, 0) is 6.54 Å². The highest BCUT2D eigenvalue weighted by atomic mass is 16.5. The van der Waals surface area contributed by atoms with Crippen LogP contribution in [0.2, 0.25) is 0 Å². The Morgan fingerprint density at radius 3 is 2.56 bits per heavy atom. The zero-order chi connectivity index (χ0) is 13.0. The van der Waals surface area contributed by atoms with Gasteiger partial charge in [0, 0.05) is 18.3 Å². The lowest BCUT2D eigenvalue weighted by molar-refractivity contribution is 0.396. The molecule has 0 spiro atoms. The summed E-state index contributed by atoms with van der Waals surface area (Å²) in [6.45, 7) is 2.37. The molecule has 1 aromatic heterocycles. The quantitative estimate of drug-likeness (QED) is 0.860. The van der Waals surface area contributed by atoms with Gasteiger partial charge in [0.05, 0.1) is 7.11 Å². The number of hydrogen-bond donors (Lipinski definition) is 2. The van der Waals surface area contributed by atoms with E-state index in [1.54, 1.807) is 13.2 Å². The highest BCUT2D eigenvalue weighted by molar-refractivity contribution is 5.57. The van der Waals surface area contributed by atoms with Crippen molar-refractivity contribution in [1.82, 2.24) is 9.97 Å². The van der Waals surface area contributed by atoms with E-state index in [1.807, 2.05) is 31.2 Å². The van der Waals surface area contributed by atoms with Crippen LogP contribution >= 0.6 is 0 Å². The van der Waals surface area contributed by atoms with E-state index in [0.29, 0.717) is 24.1 Å². The predicted molar refractivity (Wildman–Crippen MR) is 70.9 cm³/mol. The molecule has 1 aromatic carbocycles. The summed E-state index contributed by atoms with van der Waals surface area (Å²) < 4.78 is 5.10. The SMILES string of the molecule is COc1cc(Nc2ccc(CN)cc2)nc(C)n1. The molecule has 18 heavy (non-hydrogen) atoms. The molecule has 0 bridgehead atoms. The second-order valence-corrected chi connectivity index (χ2v) is 3.87. The van der Waals surface area contributed by atoms with Crippen molar-refractivity contribution >= 4 is 11.5 Å². The molecule has 2 rings (SSSR count). The van der Waals surface area contributed by atoms with Gasteiger partial charge in [-0.3, -0.25) is 0 Å². The molecule has 5 heteroatoms. The van der Waals surface area contributed by atoms with E-state index in [4.69, 9.17) is 10.5 Å². The highest BCUT2D eigenvalue weighted by Gasteiger charge is 2.02. The highest BCUT2D eigenvalue weighted by Crippen LogP contribution is 2.18. The van der Waals surface area contributed by atoms with Crippen molar-refractivity contribution < 1.29 is 4.74 Å². The maximum Gasteiger partial charge on any atom is 0.218 e. The largest absolute Gasteiger partial charge is 0.481 e. The molecule has 0 aliphatic heterocycles. The first kappa shape index (κ1) is 12.3. The van der Waals surface area contributed by atoms with E-state index in [-0.39, 0.29) is 0 Å². The van der Waals surface area contributed by atoms with Crippen LogP contribution in [0.15, 0.2) is 30.3 Å². The van der Waals surface area contributed by atoms with Crippen LogP contribution in [-0.4, -0.2) is 17.1 Å². The van der Waals surface area contributed by atoms with Crippen molar-refractivity contribution in [2.75, 3.05) is 12.4 Å². The number of aryl methyl sites for hydroxylation is 1. The molecule has 0 aliphatic rings. The lowest BCUT2D eigenvalue weighted by Gasteiger charge is -2.08. The average molecular weight is 244 g/mol. The molecule has 0 unspecified atom stereocenters. The summed E-state index contributed by atoms with van der Waals surface area (Å²) in [7, 11) is 1.58. The van der Waals surface area contributed by atoms with Crippen LogP contribution in [0, 0.1) is 6.92 Å². The first-order valence-electron chi connectivity index (χ1n) is 5.67. The molecule has 0 saturated carbocycles. The van der Waals surface area contributed by atoms with Crippen molar-refractivity contribution in [2.24, 2.45) is 5.73 Å². The summed E-state index contributed by atoms with van der Waals surface area (Å²) in [6, 6.07) is 9.64. The fourth-order valence-corrected chi connectivity index (χ4v) is 1.58. The first-order chi connectivity index (χ1) is 8.71. The first-order valence-corrected chi connectivity index (χ1v) is 5.67. The van der Waals surface area contributed by atoms with E-state index in [2.05, 4.69) is 15.3 Å². The lowest BCUT2D eigenvalue weighted by Crippen LogP contribution is -2.00. The minimum Gasteiger partial charge on any atom is -0.481 e. The Morgan fingerprint density at radius 1 is 1.22 bits per heavy atom. The van der Waals surface area contributed by atoms with Crippen molar-refractivity contribution in [3.8, 4) is 5.88 Å². The number of nitrogens with one attached hydrogen (secondary N) is 1. The second-order valence-electron chi connectivity index (χ2n) is 3.87. The predicted octanol–water partition coefficient (Wildman–Crippen LogP) is 2.00. The number of anilines is 2. The zero-order valence-electron chi connectivity index (χ0n) is 10.5. The van der Waals surface area contributed by atoms with Gasteiger partial charge in [0.2, 0.25) is 5.88 Å². The Hall–Kier alpha value is -2.14. The van der Waals surface area contributed by atoms with E-state index >= 15 is 0 Å². The van der Waals surface area contributed by atoms with Gasteiger partial charge in [0.1, 0.15) is 11.6 Å². The number of nitrogens with two attached hydrogens (primary N) is 1. The van der Waals surface area contributed by atoms with Crippen LogP contribution in [0.4, 0.5) is 11.5 Å². The molecule has 0 amide bonds. The number of ether oxygens (including phenoxy) is 1. The van der Waals surface area contributed by atoms with Crippen LogP contribution in [0.25, 0.3) is 0 Å². The van der Waals surface area contributed by atoms with Crippen LogP contribution in [0.5, 0.6) is 5.88 Å². The molecule has 1 heterocycles. The van der Waals surface area contributed by atoms with Crippen LogP contribution in [0.1, 0.15) is 11.4 Å². The fraction of sp³-hybridized carbons (Fsp3) is 0.231. The van der Waals surface area contributed by atoms with Crippen molar-refractivity contribution in [3.63, 3.8) is 0 Å². The maximum absolute atomic E-state index is 5.55. The average Bonchev–Trinajstić information content (AvgIpc) is 2.39. The summed E-state index contributed by atoms with van der Waals surface area (Å²) in [4.78, 5) is 8.42. The number of aromatic nitrogens is 2. The summed E-state index contributed by atoms with van der Waals surface area (Å²) >= 11 is 0. The Bertz CT molecular complexity index is 525. The standard InChI is InChI=1S/C13H16N4O/c1-9-15-12(7-13(16-9)18-2)17-11-5-3-10(8-14)4-6-11/h3-7H,8,14H2,1-2H3,(H,15,16,17). The molecule has 0 fully saturated rings. The van der Waals surface area contributed by atoms with Gasteiger partial charge in [-0.05, 0) is 24.6 Å². The van der Waals surface area contributed by atoms with Crippen molar-refractivity contribution in [1.29, 1.82) is 0 Å². The van der Waals surface area contributed by atoms with E-state index < -0.39 is 0 Å². The molecule has 0 aliphatic carbocycles. The van der Waals surface area contributed by atoms with E-state index in [1.165, 1.54) is 0 Å². The van der Waals surface area contributed by atoms with Crippen molar-refractivity contribution in [2.45, 2.75) is 13.5 Å². The van der Waals surface area contributed by atoms with Gasteiger partial charge in [-0.25, -0.2) is 4.98 Å². The van der Waals surface area contributed by atoms with Crippen LogP contribution < -0.4 is 15.8 Å². The molecule has 94 valence electrons. The third-order valence-electron chi connectivity index (χ3n) is 2.49. The molecule has 0 atom stereocenters. The smallest absolute Gasteiger partial charge is 0.218 e. The van der Waals surface area contributed by atoms with Gasteiger partial charge in [-0.1, -0.05) is 12.1 Å². The minimum atomic E-state index is 0.542. The molecule has 2 aromatic rings. The topological polar surface area (TPSA) is 73.1 Å². The second kappa shape index (κ2) is 5.46. The summed E-state index contributed by atoms with van der Waals surface area (Å²) in [5.74, 6) is 1.92. The normalized spacial score (nSPS) is 10.2. The van der Waals surface area contributed by atoms with Crippen LogP contribution in [0.3, 0.4) is 0 Å². The summed E-state index contributed by atoms with van der Waals surface area (Å²) in [6.07, 6.45) is 0. The molecule has 3 N–H and O–H groups in total. The molecule has 0 radical (unpaired) electrons. The van der Waals surface area contributed by atoms with Gasteiger partial charge in [-0.15, -0.1) is 0 Å². The monoisotopic (exact) mass is 244 g/mol. The number of methoxy groups -OCH3 is 1. The van der Waals surface area contributed by atoms with Gasteiger partial charge < -0.3 is 15.8 Å². The minimum absolute atomic E-state index is 0.542. The molecule has 5 nitrogen and oxygen atoms in total. The van der Waals surface area contributed by atoms with E-state index in [9.17, 15) is 0 Å². The number of nitrogens with zero attached hydrogens (tertiary/aromatic N) is 2. The molecule has 0 saturated heterocycles. The van der Waals surface area contributed by atoms with Crippen molar-refractivity contribution in [3.05, 3.63) is 41.7 Å². The Labute approximate surface area is 106 Å². The molecular formula is C13H16N4O. The zero-order valence-corrected chi connectivity index (χ0v) is 10.5.